The molecule has 0 unspecified atom stereocenters. The van der Waals surface area contributed by atoms with E-state index in [0.29, 0.717) is 11.8 Å². The van der Waals surface area contributed by atoms with E-state index in [1.54, 1.807) is 0 Å². The van der Waals surface area contributed by atoms with Crippen molar-refractivity contribution >= 4 is 28.6 Å². The van der Waals surface area contributed by atoms with Crippen LogP contribution in [0.15, 0.2) is 28.7 Å². The second kappa shape index (κ2) is 8.91. The molecule has 0 radical (unpaired) electrons. The van der Waals surface area contributed by atoms with Gasteiger partial charge in [-0.25, -0.2) is 0 Å². The number of hydrogen-bond acceptors (Lipinski definition) is 4. The van der Waals surface area contributed by atoms with Gasteiger partial charge in [0.2, 0.25) is 0 Å². The Morgan fingerprint density at radius 1 is 1.14 bits per heavy atom. The van der Waals surface area contributed by atoms with Gasteiger partial charge in [0.05, 0.1) is 0 Å². The summed E-state index contributed by atoms with van der Waals surface area (Å²) in [5.41, 5.74) is 1.93. The summed E-state index contributed by atoms with van der Waals surface area (Å²) in [6.45, 7) is 2.10. The highest BCUT2D eigenvalue weighted by Gasteiger charge is 2.29. The van der Waals surface area contributed by atoms with Gasteiger partial charge in [-0.3, -0.25) is 4.79 Å². The van der Waals surface area contributed by atoms with Crippen molar-refractivity contribution in [3.05, 3.63) is 35.6 Å². The van der Waals surface area contributed by atoms with Crippen LogP contribution in [0.3, 0.4) is 0 Å². The molecule has 4 rings (SSSR count). The first-order valence-electron chi connectivity index (χ1n) is 10.7. The van der Waals surface area contributed by atoms with Gasteiger partial charge in [0.15, 0.2) is 5.76 Å². The van der Waals surface area contributed by atoms with Crippen molar-refractivity contribution < 1.29 is 9.21 Å². The Kier molecular flexibility index (Phi) is 6.32. The molecule has 1 aromatic heterocycles. The SMILES string of the molecule is CN1CCC(N(C)C(=O)c2oc3ccccc3c2CSC2CCCCC2)CC1. The van der Waals surface area contributed by atoms with E-state index in [2.05, 4.69) is 18.0 Å². The average molecular weight is 401 g/mol. The topological polar surface area (TPSA) is 36.7 Å². The molecule has 0 bridgehead atoms. The number of nitrogens with zero attached hydrogens (tertiary/aromatic N) is 2. The quantitative estimate of drug-likeness (QED) is 0.694. The second-order valence-corrected chi connectivity index (χ2v) is 9.72. The van der Waals surface area contributed by atoms with Gasteiger partial charge in [-0.1, -0.05) is 37.5 Å². The van der Waals surface area contributed by atoms with E-state index in [-0.39, 0.29) is 5.91 Å². The Hall–Kier alpha value is -1.46. The van der Waals surface area contributed by atoms with Crippen LogP contribution in [0.5, 0.6) is 0 Å². The monoisotopic (exact) mass is 400 g/mol. The zero-order valence-electron chi connectivity index (χ0n) is 17.2. The predicted octanol–water partition coefficient (Wildman–Crippen LogP) is 5.16. The smallest absolute Gasteiger partial charge is 0.289 e. The normalized spacial score (nSPS) is 19.9. The first kappa shape index (κ1) is 19.8. The maximum absolute atomic E-state index is 13.4. The van der Waals surface area contributed by atoms with Crippen LogP contribution in [0.2, 0.25) is 0 Å². The number of carbonyl (C=O) groups excluding carboxylic acids is 1. The summed E-state index contributed by atoms with van der Waals surface area (Å²) in [6.07, 6.45) is 8.73. The molecule has 1 aromatic carbocycles. The van der Waals surface area contributed by atoms with Crippen LogP contribution < -0.4 is 0 Å². The second-order valence-electron chi connectivity index (χ2n) is 8.43. The molecule has 0 spiro atoms. The van der Waals surface area contributed by atoms with Gasteiger partial charge in [-0.2, -0.15) is 11.8 Å². The van der Waals surface area contributed by atoms with Crippen LogP contribution in [-0.2, 0) is 5.75 Å². The molecule has 1 amide bonds. The molecule has 1 aliphatic carbocycles. The van der Waals surface area contributed by atoms with Crippen molar-refractivity contribution in [2.45, 2.75) is 62.0 Å². The lowest BCUT2D eigenvalue weighted by Crippen LogP contribution is -2.44. The number of fused-ring (bicyclic) bond motifs is 1. The van der Waals surface area contributed by atoms with Crippen LogP contribution in [0.1, 0.15) is 61.1 Å². The molecule has 5 heteroatoms. The number of thioether (sulfide) groups is 1. The van der Waals surface area contributed by atoms with Gasteiger partial charge >= 0.3 is 0 Å². The third-order valence-electron chi connectivity index (χ3n) is 6.46. The Balaban J connectivity index is 1.55. The minimum Gasteiger partial charge on any atom is -0.451 e. The lowest BCUT2D eigenvalue weighted by atomic mass is 10.0. The first-order chi connectivity index (χ1) is 13.6. The number of amides is 1. The number of carbonyl (C=O) groups is 1. The van der Waals surface area contributed by atoms with Crippen LogP contribution in [-0.4, -0.2) is 54.2 Å². The third-order valence-corrected chi connectivity index (χ3v) is 7.86. The number of rotatable bonds is 5. The van der Waals surface area contributed by atoms with Crippen molar-refractivity contribution in [3.8, 4) is 0 Å². The van der Waals surface area contributed by atoms with E-state index in [4.69, 9.17) is 4.42 Å². The van der Waals surface area contributed by atoms with E-state index in [1.807, 2.05) is 41.9 Å². The number of likely N-dealkylation sites (tertiary alicyclic amines) is 1. The van der Waals surface area contributed by atoms with Crippen molar-refractivity contribution in [2.24, 2.45) is 0 Å². The minimum atomic E-state index is 0.0463. The number of hydrogen-bond donors (Lipinski definition) is 0. The highest BCUT2D eigenvalue weighted by Crippen LogP contribution is 2.35. The highest BCUT2D eigenvalue weighted by molar-refractivity contribution is 7.99. The Labute approximate surface area is 172 Å². The summed E-state index contributed by atoms with van der Waals surface area (Å²) in [7, 11) is 4.10. The number of para-hydroxylation sites is 1. The fourth-order valence-electron chi connectivity index (χ4n) is 4.56. The highest BCUT2D eigenvalue weighted by atomic mass is 32.2. The van der Waals surface area contributed by atoms with Gasteiger partial charge < -0.3 is 14.2 Å². The van der Waals surface area contributed by atoms with Crippen LogP contribution >= 0.6 is 11.8 Å². The zero-order chi connectivity index (χ0) is 19.5. The average Bonchev–Trinajstić information content (AvgIpc) is 3.11. The molecular formula is C23H32N2O2S. The van der Waals surface area contributed by atoms with Crippen LogP contribution in [0.4, 0.5) is 0 Å². The summed E-state index contributed by atoms with van der Waals surface area (Å²) in [4.78, 5) is 17.6. The van der Waals surface area contributed by atoms with E-state index >= 15 is 0 Å². The largest absolute Gasteiger partial charge is 0.451 e. The Morgan fingerprint density at radius 2 is 1.86 bits per heavy atom. The summed E-state index contributed by atoms with van der Waals surface area (Å²) in [5.74, 6) is 1.47. The summed E-state index contributed by atoms with van der Waals surface area (Å²) >= 11 is 2.01. The van der Waals surface area contributed by atoms with E-state index in [1.165, 1.54) is 32.1 Å². The Bertz CT molecular complexity index is 804. The molecular weight excluding hydrogens is 368 g/mol. The number of benzene rings is 1. The molecule has 0 N–H and O–H groups in total. The summed E-state index contributed by atoms with van der Waals surface area (Å²) in [5, 5.41) is 1.82. The molecule has 2 heterocycles. The van der Waals surface area contributed by atoms with Gasteiger partial charge in [-0.05, 0) is 51.9 Å². The molecule has 2 aliphatic rings. The van der Waals surface area contributed by atoms with Gasteiger partial charge in [0, 0.05) is 35.0 Å². The lowest BCUT2D eigenvalue weighted by Gasteiger charge is -2.34. The predicted molar refractivity (Wildman–Crippen MR) is 117 cm³/mol. The Morgan fingerprint density at radius 3 is 2.61 bits per heavy atom. The molecule has 4 nitrogen and oxygen atoms in total. The van der Waals surface area contributed by atoms with Crippen LogP contribution in [0, 0.1) is 0 Å². The van der Waals surface area contributed by atoms with Crippen molar-refractivity contribution in [1.82, 2.24) is 9.80 Å². The maximum atomic E-state index is 13.4. The molecule has 2 fully saturated rings. The van der Waals surface area contributed by atoms with Crippen LogP contribution in [0.25, 0.3) is 11.0 Å². The molecule has 1 saturated heterocycles. The molecule has 1 saturated carbocycles. The minimum absolute atomic E-state index is 0.0463. The molecule has 152 valence electrons. The van der Waals surface area contributed by atoms with Gasteiger partial charge in [0.25, 0.3) is 5.91 Å². The summed E-state index contributed by atoms with van der Waals surface area (Å²) in [6, 6.07) is 8.41. The van der Waals surface area contributed by atoms with Crippen molar-refractivity contribution in [2.75, 3.05) is 27.2 Å². The summed E-state index contributed by atoms with van der Waals surface area (Å²) < 4.78 is 6.12. The lowest BCUT2D eigenvalue weighted by molar-refractivity contribution is 0.0629. The third kappa shape index (κ3) is 4.25. The molecule has 0 atom stereocenters. The first-order valence-corrected chi connectivity index (χ1v) is 11.8. The van der Waals surface area contributed by atoms with E-state index in [9.17, 15) is 4.79 Å². The number of piperidine rings is 1. The van der Waals surface area contributed by atoms with Gasteiger partial charge in [-0.15, -0.1) is 0 Å². The zero-order valence-corrected chi connectivity index (χ0v) is 18.0. The van der Waals surface area contributed by atoms with Crippen molar-refractivity contribution in [3.63, 3.8) is 0 Å². The standard InChI is InChI=1S/C23H32N2O2S/c1-24-14-12-17(13-15-24)25(2)23(26)22-20(16-28-18-8-4-3-5-9-18)19-10-6-7-11-21(19)27-22/h6-7,10-11,17-18H,3-5,8-9,12-16H2,1-2H3. The fourth-order valence-corrected chi connectivity index (χ4v) is 5.91. The molecule has 1 aliphatic heterocycles. The molecule has 2 aromatic rings. The van der Waals surface area contributed by atoms with E-state index < -0.39 is 0 Å². The van der Waals surface area contributed by atoms with Crippen molar-refractivity contribution in [1.29, 1.82) is 0 Å². The van der Waals surface area contributed by atoms with E-state index in [0.717, 1.165) is 53.5 Å². The van der Waals surface area contributed by atoms with Gasteiger partial charge in [0.1, 0.15) is 5.58 Å². The molecule has 28 heavy (non-hydrogen) atoms. The fraction of sp³-hybridized carbons (Fsp3) is 0.609. The number of furan rings is 1. The maximum Gasteiger partial charge on any atom is 0.289 e.